The molecule has 0 fully saturated rings. The molecule has 1 heteroatoms. The number of benzene rings is 2. The molecule has 0 bridgehead atoms. The van der Waals surface area contributed by atoms with Gasteiger partial charge in [0.15, 0.2) is 0 Å². The van der Waals surface area contributed by atoms with Crippen molar-refractivity contribution < 1.29 is 4.48 Å². The van der Waals surface area contributed by atoms with Crippen LogP contribution in [-0.2, 0) is 0 Å². The maximum absolute atomic E-state index is 3.52. The first-order valence-corrected chi connectivity index (χ1v) is 9.03. The van der Waals surface area contributed by atoms with Gasteiger partial charge in [-0.25, -0.2) is 0 Å². The molecule has 0 saturated carbocycles. The minimum Gasteiger partial charge on any atom is -0.314 e. The second kappa shape index (κ2) is 8.71. The van der Waals surface area contributed by atoms with E-state index in [1.807, 2.05) is 0 Å². The summed E-state index contributed by atoms with van der Waals surface area (Å²) in [5.41, 5.74) is 2.68. The highest BCUT2D eigenvalue weighted by Crippen LogP contribution is 2.27. The van der Waals surface area contributed by atoms with E-state index >= 15 is 0 Å². The van der Waals surface area contributed by atoms with Crippen molar-refractivity contribution in [2.75, 3.05) is 20.1 Å². The largest absolute Gasteiger partial charge is 0.314 e. The lowest BCUT2D eigenvalue weighted by atomic mass is 9.89. The van der Waals surface area contributed by atoms with Gasteiger partial charge in [0, 0.05) is 12.3 Å². The lowest BCUT2D eigenvalue weighted by molar-refractivity contribution is -0.920. The zero-order valence-corrected chi connectivity index (χ0v) is 15.5. The molecule has 0 aliphatic carbocycles. The highest BCUT2D eigenvalue weighted by molar-refractivity contribution is 5.34. The van der Waals surface area contributed by atoms with Gasteiger partial charge < -0.3 is 4.48 Å². The average molecular weight is 320 g/mol. The minimum absolute atomic E-state index is 0.342. The quantitative estimate of drug-likeness (QED) is 0.514. The molecular formula is C23H30N+. The van der Waals surface area contributed by atoms with Crippen LogP contribution in [0.15, 0.2) is 60.7 Å². The Hall–Kier alpha value is -2.04. The molecule has 1 nitrogen and oxygen atoms in total. The van der Waals surface area contributed by atoms with Crippen LogP contribution in [0.25, 0.3) is 0 Å². The van der Waals surface area contributed by atoms with Crippen LogP contribution in [0, 0.1) is 11.8 Å². The van der Waals surface area contributed by atoms with Crippen LogP contribution in [0.3, 0.4) is 0 Å². The van der Waals surface area contributed by atoms with Crippen LogP contribution in [0.5, 0.6) is 0 Å². The second-order valence-corrected chi connectivity index (χ2v) is 6.69. The van der Waals surface area contributed by atoms with Crippen LogP contribution in [-0.4, -0.2) is 30.7 Å². The SMILES string of the molecule is CC[N+](C)(CC)[C@@H](C)C#CCC(c1ccccc1)c1ccccc1. The van der Waals surface area contributed by atoms with E-state index in [9.17, 15) is 0 Å². The summed E-state index contributed by atoms with van der Waals surface area (Å²) in [4.78, 5) is 0. The molecule has 0 unspecified atom stereocenters. The van der Waals surface area contributed by atoms with Gasteiger partial charge in [0.1, 0.15) is 6.04 Å². The summed E-state index contributed by atoms with van der Waals surface area (Å²) in [6.45, 7) is 8.98. The van der Waals surface area contributed by atoms with E-state index in [0.717, 1.165) is 24.0 Å². The summed E-state index contributed by atoms with van der Waals surface area (Å²) in [5, 5.41) is 0. The third kappa shape index (κ3) is 4.49. The predicted octanol–water partition coefficient (Wildman–Crippen LogP) is 5.09. The van der Waals surface area contributed by atoms with Crippen LogP contribution >= 0.6 is 0 Å². The first-order chi connectivity index (χ1) is 11.6. The molecule has 24 heavy (non-hydrogen) atoms. The van der Waals surface area contributed by atoms with Gasteiger partial charge in [-0.1, -0.05) is 66.6 Å². The van der Waals surface area contributed by atoms with Crippen LogP contribution in [0.4, 0.5) is 0 Å². The summed E-state index contributed by atoms with van der Waals surface area (Å²) in [6, 6.07) is 21.8. The van der Waals surface area contributed by atoms with Crippen molar-refractivity contribution in [3.8, 4) is 11.8 Å². The lowest BCUT2D eigenvalue weighted by Crippen LogP contribution is -2.49. The van der Waals surface area contributed by atoms with Crippen molar-refractivity contribution >= 4 is 0 Å². The summed E-state index contributed by atoms with van der Waals surface area (Å²) in [5.74, 6) is 7.35. The predicted molar refractivity (Wildman–Crippen MR) is 104 cm³/mol. The average Bonchev–Trinajstić information content (AvgIpc) is 2.65. The fraction of sp³-hybridized carbons (Fsp3) is 0.391. The van der Waals surface area contributed by atoms with Gasteiger partial charge >= 0.3 is 0 Å². The van der Waals surface area contributed by atoms with Gasteiger partial charge in [0.25, 0.3) is 0 Å². The number of rotatable bonds is 6. The summed E-state index contributed by atoms with van der Waals surface area (Å²) in [6.07, 6.45) is 0.867. The topological polar surface area (TPSA) is 0 Å². The molecule has 0 amide bonds. The fourth-order valence-electron chi connectivity index (χ4n) is 3.03. The fourth-order valence-corrected chi connectivity index (χ4v) is 3.03. The Kier molecular flexibility index (Phi) is 6.64. The third-order valence-electron chi connectivity index (χ3n) is 5.40. The Balaban J connectivity index is 2.21. The van der Waals surface area contributed by atoms with Gasteiger partial charge in [0.05, 0.1) is 20.1 Å². The van der Waals surface area contributed by atoms with Crippen LogP contribution in [0.2, 0.25) is 0 Å². The molecule has 2 rings (SSSR count). The van der Waals surface area contributed by atoms with Crippen molar-refractivity contribution in [3.63, 3.8) is 0 Å². The molecular weight excluding hydrogens is 290 g/mol. The van der Waals surface area contributed by atoms with Crippen LogP contribution in [0.1, 0.15) is 44.2 Å². The van der Waals surface area contributed by atoms with Crippen molar-refractivity contribution in [3.05, 3.63) is 71.8 Å². The van der Waals surface area contributed by atoms with E-state index in [-0.39, 0.29) is 0 Å². The van der Waals surface area contributed by atoms with Gasteiger partial charge in [-0.2, -0.15) is 0 Å². The number of hydrogen-bond acceptors (Lipinski definition) is 0. The van der Waals surface area contributed by atoms with Gasteiger partial charge in [0.2, 0.25) is 0 Å². The van der Waals surface area contributed by atoms with Crippen molar-refractivity contribution in [2.24, 2.45) is 0 Å². The van der Waals surface area contributed by atoms with Gasteiger partial charge in [-0.15, -0.1) is 0 Å². The number of quaternary nitrogens is 1. The normalized spacial score (nSPS) is 12.5. The smallest absolute Gasteiger partial charge is 0.147 e. The summed E-state index contributed by atoms with van der Waals surface area (Å²) >= 11 is 0. The molecule has 0 heterocycles. The molecule has 2 aromatic carbocycles. The molecule has 0 N–H and O–H groups in total. The second-order valence-electron chi connectivity index (χ2n) is 6.69. The molecule has 0 aliphatic rings. The third-order valence-corrected chi connectivity index (χ3v) is 5.40. The van der Waals surface area contributed by atoms with Gasteiger partial charge in [-0.05, 0) is 37.8 Å². The van der Waals surface area contributed by atoms with Crippen LogP contribution < -0.4 is 0 Å². The Bertz CT molecular complexity index is 620. The Morgan fingerprint density at radius 2 is 1.29 bits per heavy atom. The molecule has 1 atom stereocenters. The lowest BCUT2D eigenvalue weighted by Gasteiger charge is -2.35. The minimum atomic E-state index is 0.342. The zero-order chi connectivity index (χ0) is 17.4. The molecule has 0 aliphatic heterocycles. The Labute approximate surface area is 147 Å². The first-order valence-electron chi connectivity index (χ1n) is 9.03. The molecule has 0 aromatic heterocycles. The van der Waals surface area contributed by atoms with E-state index in [1.54, 1.807) is 0 Å². The number of hydrogen-bond donors (Lipinski definition) is 0. The maximum atomic E-state index is 3.52. The van der Waals surface area contributed by atoms with E-state index < -0.39 is 0 Å². The highest BCUT2D eigenvalue weighted by Gasteiger charge is 2.23. The zero-order valence-electron chi connectivity index (χ0n) is 15.5. The van der Waals surface area contributed by atoms with E-state index in [1.165, 1.54) is 11.1 Å². The summed E-state index contributed by atoms with van der Waals surface area (Å²) in [7, 11) is 2.30. The van der Waals surface area contributed by atoms with Crippen molar-refractivity contribution in [1.29, 1.82) is 0 Å². The molecule has 0 spiro atoms. The monoisotopic (exact) mass is 320 g/mol. The van der Waals surface area contributed by atoms with E-state index in [0.29, 0.717) is 12.0 Å². The summed E-state index contributed by atoms with van der Waals surface area (Å²) < 4.78 is 1.01. The molecule has 2 aromatic rings. The highest BCUT2D eigenvalue weighted by atomic mass is 15.3. The maximum Gasteiger partial charge on any atom is 0.147 e. The Morgan fingerprint density at radius 3 is 1.71 bits per heavy atom. The van der Waals surface area contributed by atoms with E-state index in [4.69, 9.17) is 0 Å². The first kappa shape index (κ1) is 18.3. The van der Waals surface area contributed by atoms with Crippen molar-refractivity contribution in [1.82, 2.24) is 0 Å². The standard InChI is InChI=1S/C23H30N/c1-5-24(4,6-2)20(3)14-13-19-23(21-15-9-7-10-16-21)22-17-11-8-12-18-22/h7-12,15-18,20,23H,5-6,19H2,1-4H3/q+1/t20-/m0/s1. The Morgan fingerprint density at radius 1 is 0.833 bits per heavy atom. The molecule has 126 valence electrons. The van der Waals surface area contributed by atoms with E-state index in [2.05, 4.69) is 100 Å². The molecule has 0 radical (unpaired) electrons. The van der Waals surface area contributed by atoms with Crippen molar-refractivity contribution in [2.45, 2.75) is 39.2 Å². The molecule has 0 saturated heterocycles. The number of nitrogens with zero attached hydrogens (tertiary/aromatic N) is 1. The van der Waals surface area contributed by atoms with Gasteiger partial charge in [-0.3, -0.25) is 0 Å².